The highest BCUT2D eigenvalue weighted by Crippen LogP contribution is 2.45. The number of phosphoric ester groups is 2. The second-order valence-corrected chi connectivity index (χ2v) is 29.7. The van der Waals surface area contributed by atoms with E-state index in [4.69, 9.17) is 37.0 Å². The first-order valence-corrected chi connectivity index (χ1v) is 39.9. The van der Waals surface area contributed by atoms with E-state index in [0.29, 0.717) is 31.6 Å². The van der Waals surface area contributed by atoms with E-state index in [0.717, 1.165) is 108 Å². The number of esters is 4. The second kappa shape index (κ2) is 61.9. The summed E-state index contributed by atoms with van der Waals surface area (Å²) in [4.78, 5) is 72.4. The van der Waals surface area contributed by atoms with Crippen molar-refractivity contribution in [3.63, 3.8) is 0 Å². The van der Waals surface area contributed by atoms with Gasteiger partial charge < -0.3 is 33.8 Å². The molecule has 0 amide bonds. The van der Waals surface area contributed by atoms with E-state index in [2.05, 4.69) is 48.5 Å². The topological polar surface area (TPSA) is 237 Å². The Morgan fingerprint density at radius 3 is 0.844 bits per heavy atom. The average molecular weight is 1330 g/mol. The number of aliphatic hydroxyl groups excluding tert-OH is 1. The van der Waals surface area contributed by atoms with Crippen molar-refractivity contribution < 1.29 is 80.2 Å². The van der Waals surface area contributed by atoms with Gasteiger partial charge in [-0.1, -0.05) is 305 Å². The molecule has 0 bridgehead atoms. The Labute approximate surface area is 549 Å². The predicted octanol–water partition coefficient (Wildman–Crippen LogP) is 20.2. The zero-order chi connectivity index (χ0) is 66.6. The summed E-state index contributed by atoms with van der Waals surface area (Å²) < 4.78 is 68.2. The van der Waals surface area contributed by atoms with Gasteiger partial charge in [-0.15, -0.1) is 0 Å². The molecule has 534 valence electrons. The van der Waals surface area contributed by atoms with Gasteiger partial charge in [-0.2, -0.15) is 0 Å². The molecule has 3 unspecified atom stereocenters. The standard InChI is InChI=1S/C71H138O17P2/c1-8-10-11-12-13-30-38-45-52-68(73)81-59-67(88-71(76)55-48-41-34-33-36-43-50-63(5)6)61-86-90(79,80)84-57-65(72)56-83-89(77,78)85-60-66(58-82-69(74)53-46-39-31-26-22-19-18-20-24-28-35-42-49-62(3)4)87-70(75)54-47-40-32-27-23-17-15-14-16-21-25-29-37-44-51-64(7)9-2/h62-67,72H,8-61H2,1-7H3,(H,77,78)(H,79,80)/t64?,65-,66-,67-/m1/s1. The molecular weight excluding hydrogens is 1190 g/mol. The first-order chi connectivity index (χ1) is 43.3. The van der Waals surface area contributed by atoms with E-state index in [-0.39, 0.29) is 25.7 Å². The quantitative estimate of drug-likeness (QED) is 0.0222. The van der Waals surface area contributed by atoms with Crippen molar-refractivity contribution in [2.24, 2.45) is 17.8 Å². The summed E-state index contributed by atoms with van der Waals surface area (Å²) in [5.74, 6) is 0.166. The Bertz CT molecular complexity index is 1770. The zero-order valence-electron chi connectivity index (χ0n) is 58.6. The summed E-state index contributed by atoms with van der Waals surface area (Å²) >= 11 is 0. The van der Waals surface area contributed by atoms with E-state index >= 15 is 0 Å². The van der Waals surface area contributed by atoms with Crippen LogP contribution in [0.25, 0.3) is 0 Å². The minimum absolute atomic E-state index is 0.102. The number of ether oxygens (including phenoxy) is 4. The highest BCUT2D eigenvalue weighted by molar-refractivity contribution is 7.47. The van der Waals surface area contributed by atoms with Crippen molar-refractivity contribution in [2.45, 2.75) is 375 Å². The van der Waals surface area contributed by atoms with Crippen LogP contribution in [0, 0.1) is 17.8 Å². The fraction of sp³-hybridized carbons (Fsp3) is 0.944. The fourth-order valence-corrected chi connectivity index (χ4v) is 12.3. The summed E-state index contributed by atoms with van der Waals surface area (Å²) in [6.07, 6.45) is 46.0. The molecule has 0 saturated carbocycles. The van der Waals surface area contributed by atoms with Crippen molar-refractivity contribution in [3.8, 4) is 0 Å². The summed E-state index contributed by atoms with van der Waals surface area (Å²) in [5, 5.41) is 10.6. The molecule has 0 spiro atoms. The molecule has 0 aromatic carbocycles. The van der Waals surface area contributed by atoms with Crippen LogP contribution in [0.4, 0.5) is 0 Å². The molecule has 0 aromatic heterocycles. The van der Waals surface area contributed by atoms with Gasteiger partial charge in [0.05, 0.1) is 26.4 Å². The maximum Gasteiger partial charge on any atom is 0.472 e. The smallest absolute Gasteiger partial charge is 0.462 e. The molecule has 0 heterocycles. The lowest BCUT2D eigenvalue weighted by molar-refractivity contribution is -0.161. The first kappa shape index (κ1) is 88.1. The zero-order valence-corrected chi connectivity index (χ0v) is 60.4. The van der Waals surface area contributed by atoms with Gasteiger partial charge in [0.2, 0.25) is 0 Å². The third kappa shape index (κ3) is 63.5. The molecule has 0 aliphatic heterocycles. The van der Waals surface area contributed by atoms with Gasteiger partial charge in [0, 0.05) is 25.7 Å². The molecule has 0 fully saturated rings. The van der Waals surface area contributed by atoms with Crippen LogP contribution < -0.4 is 0 Å². The third-order valence-electron chi connectivity index (χ3n) is 16.7. The maximum atomic E-state index is 13.0. The van der Waals surface area contributed by atoms with Crippen LogP contribution in [0.15, 0.2) is 0 Å². The van der Waals surface area contributed by atoms with Crippen molar-refractivity contribution in [1.29, 1.82) is 0 Å². The number of unbranched alkanes of at least 4 members (excludes halogenated alkanes) is 36. The minimum Gasteiger partial charge on any atom is -0.462 e. The molecule has 0 rings (SSSR count). The Kier molecular flexibility index (Phi) is 60.6. The Hall–Kier alpha value is -1.94. The molecule has 0 radical (unpaired) electrons. The van der Waals surface area contributed by atoms with Crippen molar-refractivity contribution in [3.05, 3.63) is 0 Å². The van der Waals surface area contributed by atoms with E-state index in [1.165, 1.54) is 161 Å². The molecule has 3 N–H and O–H groups in total. The molecular formula is C71H138O17P2. The molecule has 6 atom stereocenters. The van der Waals surface area contributed by atoms with E-state index in [1.54, 1.807) is 0 Å². The van der Waals surface area contributed by atoms with Gasteiger partial charge >= 0.3 is 39.5 Å². The van der Waals surface area contributed by atoms with Crippen LogP contribution >= 0.6 is 15.6 Å². The molecule has 17 nitrogen and oxygen atoms in total. The molecule has 0 aromatic rings. The lowest BCUT2D eigenvalue weighted by atomic mass is 9.99. The van der Waals surface area contributed by atoms with Crippen molar-refractivity contribution in [1.82, 2.24) is 0 Å². The number of carbonyl (C=O) groups excluding carboxylic acids is 4. The number of aliphatic hydroxyl groups is 1. The van der Waals surface area contributed by atoms with Gasteiger partial charge in [0.15, 0.2) is 12.2 Å². The van der Waals surface area contributed by atoms with E-state index in [1.807, 2.05) is 0 Å². The summed E-state index contributed by atoms with van der Waals surface area (Å²) in [6, 6.07) is 0. The molecule has 90 heavy (non-hydrogen) atoms. The van der Waals surface area contributed by atoms with Crippen LogP contribution in [0.1, 0.15) is 357 Å². The highest BCUT2D eigenvalue weighted by atomic mass is 31.2. The minimum atomic E-state index is -4.95. The molecule has 0 aliphatic rings. The van der Waals surface area contributed by atoms with Crippen LogP contribution in [0.2, 0.25) is 0 Å². The summed E-state index contributed by atoms with van der Waals surface area (Å²) in [5.41, 5.74) is 0. The number of hydrogen-bond acceptors (Lipinski definition) is 15. The molecule has 0 aliphatic carbocycles. The van der Waals surface area contributed by atoms with Gasteiger partial charge in [0.1, 0.15) is 19.3 Å². The Balaban J connectivity index is 5.20. The summed E-state index contributed by atoms with van der Waals surface area (Å²) in [6.45, 7) is 11.8. The van der Waals surface area contributed by atoms with Crippen LogP contribution in [-0.2, 0) is 65.4 Å². The van der Waals surface area contributed by atoms with Crippen LogP contribution in [0.3, 0.4) is 0 Å². The maximum absolute atomic E-state index is 13.0. The molecule has 19 heteroatoms. The number of phosphoric acid groups is 2. The van der Waals surface area contributed by atoms with Gasteiger partial charge in [-0.3, -0.25) is 37.3 Å². The van der Waals surface area contributed by atoms with Crippen molar-refractivity contribution >= 4 is 39.5 Å². The SMILES string of the molecule is CCCCCCCCCCC(=O)OC[C@H](COP(=O)(O)OC[C@H](O)COP(=O)(O)OC[C@@H](COC(=O)CCCCCCCCCCCCCCC(C)C)OC(=O)CCCCCCCCCCCCCCCCC(C)CC)OC(=O)CCCCCCCCC(C)C. The number of hydrogen-bond donors (Lipinski definition) is 3. The monoisotopic (exact) mass is 1320 g/mol. The highest BCUT2D eigenvalue weighted by Gasteiger charge is 2.30. The fourth-order valence-electron chi connectivity index (χ4n) is 10.7. The Morgan fingerprint density at radius 1 is 0.322 bits per heavy atom. The van der Waals surface area contributed by atoms with E-state index in [9.17, 15) is 43.2 Å². The van der Waals surface area contributed by atoms with Gasteiger partial charge in [-0.25, -0.2) is 9.13 Å². The average Bonchev–Trinajstić information content (AvgIpc) is 3.68. The summed E-state index contributed by atoms with van der Waals surface area (Å²) in [7, 11) is -9.90. The van der Waals surface area contributed by atoms with E-state index < -0.39 is 97.5 Å². The number of rotatable bonds is 69. The van der Waals surface area contributed by atoms with Crippen LogP contribution in [0.5, 0.6) is 0 Å². The second-order valence-electron chi connectivity index (χ2n) is 26.8. The number of carbonyl (C=O) groups is 4. The lowest BCUT2D eigenvalue weighted by Gasteiger charge is -2.21. The first-order valence-electron chi connectivity index (χ1n) is 36.9. The van der Waals surface area contributed by atoms with Gasteiger partial charge in [0.25, 0.3) is 0 Å². The molecule has 0 saturated heterocycles. The normalized spacial score (nSPS) is 14.5. The lowest BCUT2D eigenvalue weighted by Crippen LogP contribution is -2.30. The largest absolute Gasteiger partial charge is 0.472 e. The predicted molar refractivity (Wildman–Crippen MR) is 363 cm³/mol. The third-order valence-corrected chi connectivity index (χ3v) is 18.6. The Morgan fingerprint density at radius 2 is 0.567 bits per heavy atom. The van der Waals surface area contributed by atoms with Crippen LogP contribution in [-0.4, -0.2) is 96.7 Å². The van der Waals surface area contributed by atoms with Gasteiger partial charge in [-0.05, 0) is 43.4 Å². The van der Waals surface area contributed by atoms with Crippen molar-refractivity contribution in [2.75, 3.05) is 39.6 Å².